The first-order valence-corrected chi connectivity index (χ1v) is 11.0. The number of rotatable bonds is 0. The molecule has 0 N–H and O–H groups in total. The second-order valence-corrected chi connectivity index (χ2v) is 11.3. The lowest BCUT2D eigenvalue weighted by Gasteiger charge is -2.43. The van der Waals surface area contributed by atoms with Gasteiger partial charge in [0.1, 0.15) is 11.7 Å². The lowest BCUT2D eigenvalue weighted by molar-refractivity contribution is -0.643. The molecule has 2 aromatic carbocycles. The summed E-state index contributed by atoms with van der Waals surface area (Å²) in [6.45, 7) is 15.9. The monoisotopic (exact) mass is 402 g/mol. The van der Waals surface area contributed by atoms with Gasteiger partial charge in [0, 0.05) is 31.3 Å². The van der Waals surface area contributed by atoms with E-state index >= 15 is 0 Å². The molecule has 0 amide bonds. The van der Waals surface area contributed by atoms with Gasteiger partial charge < -0.3 is 0 Å². The summed E-state index contributed by atoms with van der Waals surface area (Å²) in [5.41, 5.74) is 7.28. The van der Waals surface area contributed by atoms with Crippen LogP contribution >= 0.6 is 0 Å². The van der Waals surface area contributed by atoms with Crippen LogP contribution in [0.5, 0.6) is 0 Å². The van der Waals surface area contributed by atoms with E-state index in [1.165, 1.54) is 22.4 Å². The Hall–Kier alpha value is -2.35. The number of aromatic nitrogens is 2. The fraction of sp³-hybridized carbons (Fsp3) is 0.464. The molecule has 0 atom stereocenters. The molecule has 0 saturated heterocycles. The molecule has 0 saturated carbocycles. The molecular weight excluding hydrogens is 364 g/mol. The predicted octanol–water partition coefficient (Wildman–Crippen LogP) is 6.55. The SMILES string of the molecule is [2H]C([2H])([2H])c1ccc2c3c1c1ccc(C(C)(C)C)c(C)c1c1n3c(c[n+]1C)C(C)(C)C2(C)C. The van der Waals surface area contributed by atoms with Gasteiger partial charge in [-0.15, -0.1) is 0 Å². The molecule has 30 heavy (non-hydrogen) atoms. The molecule has 5 rings (SSSR count). The number of fused-ring (bicyclic) bond motifs is 3. The maximum atomic E-state index is 8.38. The van der Waals surface area contributed by atoms with Crippen LogP contribution < -0.4 is 4.57 Å². The summed E-state index contributed by atoms with van der Waals surface area (Å²) in [6.07, 6.45) is 2.25. The lowest BCUT2D eigenvalue weighted by Crippen LogP contribution is -2.44. The predicted molar refractivity (Wildman–Crippen MR) is 128 cm³/mol. The number of hydrogen-bond donors (Lipinski definition) is 0. The van der Waals surface area contributed by atoms with E-state index in [1.54, 1.807) is 0 Å². The third kappa shape index (κ3) is 2.08. The molecule has 4 aromatic rings. The van der Waals surface area contributed by atoms with E-state index in [1.807, 2.05) is 6.07 Å². The second kappa shape index (κ2) is 5.46. The summed E-state index contributed by atoms with van der Waals surface area (Å²) >= 11 is 0. The standard InChI is InChI=1S/C28H35N2/c1-16-11-13-20-24-22(16)18-12-14-19(26(3,4)5)17(2)23(18)25-29(10)15-21(30(24)25)28(8,9)27(20,6)7/h11-15H,1-10H3/q+1/i1D3. The average Bonchev–Trinajstić information content (AvgIpc) is 3.02. The summed E-state index contributed by atoms with van der Waals surface area (Å²) in [5, 5.41) is 3.06. The Morgan fingerprint density at radius 1 is 0.967 bits per heavy atom. The molecule has 2 aromatic heterocycles. The molecule has 2 nitrogen and oxygen atoms in total. The Morgan fingerprint density at radius 2 is 1.67 bits per heavy atom. The number of pyridine rings is 1. The van der Waals surface area contributed by atoms with Crippen LogP contribution in [0.4, 0.5) is 0 Å². The van der Waals surface area contributed by atoms with Gasteiger partial charge in [-0.1, -0.05) is 72.7 Å². The molecule has 0 aliphatic carbocycles. The van der Waals surface area contributed by atoms with Crippen molar-refractivity contribution in [3.8, 4) is 0 Å². The van der Waals surface area contributed by atoms with Gasteiger partial charge in [0.15, 0.2) is 5.69 Å². The first-order chi connectivity index (χ1) is 15.0. The van der Waals surface area contributed by atoms with E-state index in [9.17, 15) is 0 Å². The van der Waals surface area contributed by atoms with Crippen molar-refractivity contribution in [2.45, 2.75) is 78.5 Å². The van der Waals surface area contributed by atoms with Gasteiger partial charge in [-0.05, 0) is 35.9 Å². The summed E-state index contributed by atoms with van der Waals surface area (Å²) in [5.74, 6) is 0. The van der Waals surface area contributed by atoms with Crippen LogP contribution in [-0.4, -0.2) is 4.40 Å². The molecule has 3 heterocycles. The van der Waals surface area contributed by atoms with E-state index in [4.69, 9.17) is 4.11 Å². The Kier molecular flexibility index (Phi) is 2.98. The maximum absolute atomic E-state index is 8.38. The third-order valence-electron chi connectivity index (χ3n) is 8.15. The van der Waals surface area contributed by atoms with Crippen molar-refractivity contribution in [3.63, 3.8) is 0 Å². The van der Waals surface area contributed by atoms with Crippen LogP contribution in [0, 0.1) is 13.8 Å². The van der Waals surface area contributed by atoms with Gasteiger partial charge in [-0.3, -0.25) is 0 Å². The fourth-order valence-electron chi connectivity index (χ4n) is 5.81. The zero-order valence-electron chi connectivity index (χ0n) is 22.8. The number of aryl methyl sites for hydroxylation is 3. The number of imidazole rings is 1. The van der Waals surface area contributed by atoms with Crippen LogP contribution in [0.2, 0.25) is 0 Å². The summed E-state index contributed by atoms with van der Waals surface area (Å²) < 4.78 is 29.7. The van der Waals surface area contributed by atoms with Crippen LogP contribution in [-0.2, 0) is 23.3 Å². The molecule has 0 unspecified atom stereocenters. The van der Waals surface area contributed by atoms with Gasteiger partial charge >= 0.3 is 0 Å². The smallest absolute Gasteiger partial charge is 0.232 e. The number of benzene rings is 2. The summed E-state index contributed by atoms with van der Waals surface area (Å²) in [7, 11) is 2.12. The van der Waals surface area contributed by atoms with Gasteiger partial charge in [0.25, 0.3) is 5.65 Å². The molecule has 2 heteroatoms. The zero-order valence-corrected chi connectivity index (χ0v) is 19.8. The Bertz CT molecular complexity index is 1490. The molecular formula is C28H35N2+. The Balaban J connectivity index is 2.21. The van der Waals surface area contributed by atoms with Crippen LogP contribution in [0.3, 0.4) is 0 Å². The molecule has 156 valence electrons. The van der Waals surface area contributed by atoms with Crippen LogP contribution in [0.25, 0.3) is 27.3 Å². The van der Waals surface area contributed by atoms with Crippen molar-refractivity contribution in [1.82, 2.24) is 4.40 Å². The minimum atomic E-state index is -2.19. The third-order valence-corrected chi connectivity index (χ3v) is 8.15. The van der Waals surface area contributed by atoms with Crippen molar-refractivity contribution in [3.05, 3.63) is 58.4 Å². The molecule has 0 radical (unpaired) electrons. The fourth-order valence-corrected chi connectivity index (χ4v) is 5.81. The van der Waals surface area contributed by atoms with E-state index in [-0.39, 0.29) is 16.2 Å². The molecule has 0 fully saturated rings. The highest BCUT2D eigenvalue weighted by atomic mass is 15.1. The minimum absolute atomic E-state index is 0.00868. The van der Waals surface area contributed by atoms with Gasteiger partial charge in [-0.2, -0.15) is 4.40 Å². The minimum Gasteiger partial charge on any atom is -0.232 e. The molecule has 0 spiro atoms. The highest BCUT2D eigenvalue weighted by molar-refractivity contribution is 6.15. The molecule has 1 aliphatic rings. The summed E-state index contributed by atoms with van der Waals surface area (Å²) in [4.78, 5) is 0. The van der Waals surface area contributed by atoms with E-state index in [0.29, 0.717) is 5.56 Å². The topological polar surface area (TPSA) is 8.29 Å². The quantitative estimate of drug-likeness (QED) is 0.233. The van der Waals surface area contributed by atoms with Crippen LogP contribution in [0.1, 0.15) is 80.5 Å². The highest BCUT2D eigenvalue weighted by Crippen LogP contribution is 2.51. The summed E-state index contributed by atoms with van der Waals surface area (Å²) in [6, 6.07) is 8.29. The first-order valence-electron chi connectivity index (χ1n) is 12.5. The zero-order chi connectivity index (χ0) is 24.5. The Morgan fingerprint density at radius 3 is 2.30 bits per heavy atom. The van der Waals surface area contributed by atoms with Gasteiger partial charge in [-0.25, -0.2) is 4.57 Å². The highest BCUT2D eigenvalue weighted by Gasteiger charge is 2.50. The average molecular weight is 403 g/mol. The van der Waals surface area contributed by atoms with Crippen LogP contribution in [0.15, 0.2) is 30.5 Å². The lowest BCUT2D eigenvalue weighted by atomic mass is 9.60. The van der Waals surface area contributed by atoms with E-state index in [0.717, 1.165) is 27.3 Å². The maximum Gasteiger partial charge on any atom is 0.295 e. The largest absolute Gasteiger partial charge is 0.295 e. The van der Waals surface area contributed by atoms with E-state index < -0.39 is 6.85 Å². The van der Waals surface area contributed by atoms with Gasteiger partial charge in [0.05, 0.1) is 12.4 Å². The number of hydrogen-bond acceptors (Lipinski definition) is 0. The molecule has 0 bridgehead atoms. The molecule has 1 aliphatic heterocycles. The van der Waals surface area contributed by atoms with Crippen molar-refractivity contribution in [2.75, 3.05) is 0 Å². The first kappa shape index (κ1) is 16.4. The second-order valence-electron chi connectivity index (χ2n) is 11.3. The normalized spacial score (nSPS) is 19.4. The van der Waals surface area contributed by atoms with Crippen molar-refractivity contribution in [1.29, 1.82) is 0 Å². The Labute approximate surface area is 184 Å². The van der Waals surface area contributed by atoms with Crippen molar-refractivity contribution >= 4 is 27.3 Å². The van der Waals surface area contributed by atoms with Crippen molar-refractivity contribution < 1.29 is 8.68 Å². The number of nitrogens with zero attached hydrogens (tertiary/aromatic N) is 2. The van der Waals surface area contributed by atoms with Gasteiger partial charge in [0.2, 0.25) is 0 Å². The van der Waals surface area contributed by atoms with Crippen molar-refractivity contribution in [2.24, 2.45) is 7.05 Å². The van der Waals surface area contributed by atoms with E-state index in [2.05, 4.69) is 95.8 Å².